The maximum Gasteiger partial charge on any atom is 0.267 e. The molecule has 0 aliphatic carbocycles. The molecule has 0 saturated heterocycles. The fourth-order valence-corrected chi connectivity index (χ4v) is 3.13. The number of nitrogens with one attached hydrogen (secondary N) is 1. The predicted octanol–water partition coefficient (Wildman–Crippen LogP) is 2.90. The van der Waals surface area contributed by atoms with Gasteiger partial charge >= 0.3 is 0 Å². The van der Waals surface area contributed by atoms with Crippen LogP contribution in [0.4, 0.5) is 4.39 Å². The lowest BCUT2D eigenvalue weighted by atomic mass is 10.1. The third-order valence-corrected chi connectivity index (χ3v) is 4.66. The molecule has 1 aromatic heterocycles. The van der Waals surface area contributed by atoms with Gasteiger partial charge in [-0.15, -0.1) is 11.3 Å². The molecule has 0 aliphatic heterocycles. The molecule has 0 bridgehead atoms. The van der Waals surface area contributed by atoms with Crippen LogP contribution < -0.4 is 15.8 Å². The molecule has 0 saturated carbocycles. The first-order valence-corrected chi connectivity index (χ1v) is 9.29. The highest BCUT2D eigenvalue weighted by Gasteiger charge is 2.17. The van der Waals surface area contributed by atoms with E-state index in [4.69, 9.17) is 15.7 Å². The SMILES string of the molecule is N#Cc1cccc(Oc2ncsc2C(=O)NCc2ccc(CC(N)=O)cc2F)c1. The van der Waals surface area contributed by atoms with Crippen LogP contribution in [0.1, 0.15) is 26.4 Å². The van der Waals surface area contributed by atoms with Gasteiger partial charge in [0, 0.05) is 12.1 Å². The Morgan fingerprint density at radius 3 is 2.83 bits per heavy atom. The Balaban J connectivity index is 1.67. The summed E-state index contributed by atoms with van der Waals surface area (Å²) in [5, 5.41) is 11.6. The molecule has 29 heavy (non-hydrogen) atoms. The lowest BCUT2D eigenvalue weighted by molar-refractivity contribution is -0.117. The lowest BCUT2D eigenvalue weighted by Gasteiger charge is -2.08. The van der Waals surface area contributed by atoms with E-state index in [0.717, 1.165) is 11.3 Å². The Morgan fingerprint density at radius 2 is 2.10 bits per heavy atom. The second kappa shape index (κ2) is 8.95. The van der Waals surface area contributed by atoms with Crippen molar-refractivity contribution in [1.29, 1.82) is 5.26 Å². The first-order chi connectivity index (χ1) is 14.0. The molecule has 0 aliphatic rings. The number of nitriles is 1. The van der Waals surface area contributed by atoms with Gasteiger partial charge in [0.2, 0.25) is 11.8 Å². The minimum atomic E-state index is -0.552. The monoisotopic (exact) mass is 410 g/mol. The van der Waals surface area contributed by atoms with Crippen LogP contribution in [0.2, 0.25) is 0 Å². The maximum atomic E-state index is 14.2. The van der Waals surface area contributed by atoms with Crippen LogP contribution in [-0.2, 0) is 17.8 Å². The highest BCUT2D eigenvalue weighted by molar-refractivity contribution is 7.12. The zero-order chi connectivity index (χ0) is 20.8. The van der Waals surface area contributed by atoms with E-state index >= 15 is 0 Å². The van der Waals surface area contributed by atoms with E-state index in [1.807, 2.05) is 6.07 Å². The van der Waals surface area contributed by atoms with Gasteiger partial charge < -0.3 is 15.8 Å². The molecular formula is C20H15FN4O3S. The molecule has 1 heterocycles. The Kier molecular flexibility index (Phi) is 6.16. The van der Waals surface area contributed by atoms with Gasteiger partial charge in [-0.3, -0.25) is 9.59 Å². The molecule has 9 heteroatoms. The van der Waals surface area contributed by atoms with Crippen LogP contribution in [0.3, 0.4) is 0 Å². The van der Waals surface area contributed by atoms with E-state index in [2.05, 4.69) is 10.3 Å². The topological polar surface area (TPSA) is 118 Å². The summed E-state index contributed by atoms with van der Waals surface area (Å²) in [6.07, 6.45) is -0.0574. The summed E-state index contributed by atoms with van der Waals surface area (Å²) in [4.78, 5) is 27.7. The van der Waals surface area contributed by atoms with E-state index in [1.54, 1.807) is 24.3 Å². The quantitative estimate of drug-likeness (QED) is 0.621. The van der Waals surface area contributed by atoms with Crippen LogP contribution in [0.15, 0.2) is 48.0 Å². The number of ether oxygens (including phenoxy) is 1. The number of hydrogen-bond acceptors (Lipinski definition) is 6. The first kappa shape index (κ1) is 20.0. The van der Waals surface area contributed by atoms with Crippen LogP contribution >= 0.6 is 11.3 Å². The lowest BCUT2D eigenvalue weighted by Crippen LogP contribution is -2.23. The van der Waals surface area contributed by atoms with Crippen molar-refractivity contribution >= 4 is 23.2 Å². The van der Waals surface area contributed by atoms with Crippen LogP contribution in [0, 0.1) is 17.1 Å². The van der Waals surface area contributed by atoms with Gasteiger partial charge in [-0.1, -0.05) is 18.2 Å². The molecule has 3 rings (SSSR count). The summed E-state index contributed by atoms with van der Waals surface area (Å²) in [6, 6.07) is 12.8. The minimum Gasteiger partial charge on any atom is -0.437 e. The molecule has 0 spiro atoms. The summed E-state index contributed by atoms with van der Waals surface area (Å²) in [5.74, 6) is -1.10. The molecule has 3 N–H and O–H groups in total. The molecule has 0 unspecified atom stereocenters. The molecule has 0 fully saturated rings. The zero-order valence-electron chi connectivity index (χ0n) is 15.0. The van der Waals surface area contributed by atoms with E-state index in [9.17, 15) is 14.0 Å². The van der Waals surface area contributed by atoms with Crippen LogP contribution in [-0.4, -0.2) is 16.8 Å². The smallest absolute Gasteiger partial charge is 0.267 e. The Hall–Kier alpha value is -3.77. The van der Waals surface area contributed by atoms with Gasteiger partial charge in [-0.25, -0.2) is 9.37 Å². The normalized spacial score (nSPS) is 10.2. The number of carbonyl (C=O) groups is 2. The fourth-order valence-electron chi connectivity index (χ4n) is 2.50. The molecule has 2 amide bonds. The highest BCUT2D eigenvalue weighted by atomic mass is 32.1. The van der Waals surface area contributed by atoms with Crippen LogP contribution in [0.5, 0.6) is 11.6 Å². The van der Waals surface area contributed by atoms with Gasteiger partial charge in [0.15, 0.2) is 4.88 Å². The van der Waals surface area contributed by atoms with E-state index < -0.39 is 17.6 Å². The van der Waals surface area contributed by atoms with Gasteiger partial charge in [0.05, 0.1) is 23.6 Å². The number of nitrogens with two attached hydrogens (primary N) is 1. The van der Waals surface area contributed by atoms with E-state index in [-0.39, 0.29) is 29.3 Å². The van der Waals surface area contributed by atoms with Crippen molar-refractivity contribution in [3.8, 4) is 17.7 Å². The number of aromatic nitrogens is 1. The predicted molar refractivity (Wildman–Crippen MR) is 104 cm³/mol. The van der Waals surface area contributed by atoms with Crippen molar-refractivity contribution in [2.75, 3.05) is 0 Å². The Labute approximate surface area is 169 Å². The van der Waals surface area contributed by atoms with E-state index in [1.165, 1.54) is 23.7 Å². The molecule has 0 atom stereocenters. The first-order valence-electron chi connectivity index (χ1n) is 8.41. The number of benzene rings is 2. The highest BCUT2D eigenvalue weighted by Crippen LogP contribution is 2.27. The number of amides is 2. The average molecular weight is 410 g/mol. The number of nitrogens with zero attached hydrogens (tertiary/aromatic N) is 2. The molecule has 7 nitrogen and oxygen atoms in total. The number of carbonyl (C=O) groups excluding carboxylic acids is 2. The number of primary amides is 1. The molecule has 0 radical (unpaired) electrons. The Bertz CT molecular complexity index is 1110. The van der Waals surface area contributed by atoms with Crippen molar-refractivity contribution in [1.82, 2.24) is 10.3 Å². The van der Waals surface area contributed by atoms with E-state index in [0.29, 0.717) is 16.9 Å². The number of rotatable bonds is 7. The van der Waals surface area contributed by atoms with Crippen molar-refractivity contribution in [2.45, 2.75) is 13.0 Å². The van der Waals surface area contributed by atoms with Crippen molar-refractivity contribution in [3.63, 3.8) is 0 Å². The second-order valence-corrected chi connectivity index (χ2v) is 6.83. The minimum absolute atomic E-state index is 0.0528. The van der Waals surface area contributed by atoms with Gasteiger partial charge in [-0.2, -0.15) is 5.26 Å². The summed E-state index contributed by atoms with van der Waals surface area (Å²) < 4.78 is 19.8. The maximum absolute atomic E-state index is 14.2. The largest absolute Gasteiger partial charge is 0.437 e. The number of halogens is 1. The van der Waals surface area contributed by atoms with Crippen molar-refractivity contribution in [3.05, 3.63) is 75.4 Å². The molecule has 3 aromatic rings. The second-order valence-electron chi connectivity index (χ2n) is 5.98. The molecular weight excluding hydrogens is 395 g/mol. The third-order valence-electron chi connectivity index (χ3n) is 3.85. The molecule has 146 valence electrons. The summed E-state index contributed by atoms with van der Waals surface area (Å²) in [5.41, 5.74) is 7.70. The standard InChI is InChI=1S/C20H15FN4O3S/c21-16-7-12(8-17(23)26)4-5-14(16)10-24-19(27)18-20(25-11-29-18)28-15-3-1-2-13(6-15)9-22/h1-7,11H,8,10H2,(H2,23,26)(H,24,27). The van der Waals surface area contributed by atoms with Gasteiger partial charge in [0.1, 0.15) is 11.6 Å². The van der Waals surface area contributed by atoms with Gasteiger partial charge in [0.25, 0.3) is 5.91 Å². The number of hydrogen-bond donors (Lipinski definition) is 2. The molecule has 2 aromatic carbocycles. The van der Waals surface area contributed by atoms with Crippen LogP contribution in [0.25, 0.3) is 0 Å². The van der Waals surface area contributed by atoms with Crippen molar-refractivity contribution < 1.29 is 18.7 Å². The Morgan fingerprint density at radius 1 is 1.28 bits per heavy atom. The summed E-state index contributed by atoms with van der Waals surface area (Å²) in [6.45, 7) is -0.0528. The fraction of sp³-hybridized carbons (Fsp3) is 0.100. The van der Waals surface area contributed by atoms with Crippen molar-refractivity contribution in [2.24, 2.45) is 5.73 Å². The number of thiazole rings is 1. The van der Waals surface area contributed by atoms with Gasteiger partial charge in [-0.05, 0) is 29.8 Å². The summed E-state index contributed by atoms with van der Waals surface area (Å²) >= 11 is 1.08. The zero-order valence-corrected chi connectivity index (χ0v) is 15.8. The third kappa shape index (κ3) is 5.15. The summed E-state index contributed by atoms with van der Waals surface area (Å²) in [7, 11) is 0. The average Bonchev–Trinajstić information content (AvgIpc) is 3.15.